The lowest BCUT2D eigenvalue weighted by molar-refractivity contribution is -0.118. The van der Waals surface area contributed by atoms with Crippen molar-refractivity contribution in [3.05, 3.63) is 60.8 Å². The molecule has 3 heterocycles. The molecule has 0 unspecified atom stereocenters. The molecule has 0 spiro atoms. The number of amides is 1. The molecule has 162 valence electrons. The van der Waals surface area contributed by atoms with Crippen LogP contribution in [0.2, 0.25) is 0 Å². The zero-order valence-corrected chi connectivity index (χ0v) is 18.2. The van der Waals surface area contributed by atoms with Crippen molar-refractivity contribution >= 4 is 29.2 Å². The minimum Gasteiger partial charge on any atom is -0.497 e. The highest BCUT2D eigenvalue weighted by Crippen LogP contribution is 2.24. The van der Waals surface area contributed by atoms with Gasteiger partial charge in [0.1, 0.15) is 28.7 Å². The standard InChI is InChI=1S/C22H25N5O3S/c1-29-18-5-2-4-17(12-18)26-7-9-27(10-8-26)20-13-22(25-16-24-20)31-15-21(28)23-14-19-6-3-11-30-19/h2-6,11-13,16H,7-10,14-15H2,1H3,(H,23,28). The molecule has 1 amide bonds. The number of thioether (sulfide) groups is 1. The van der Waals surface area contributed by atoms with Crippen LogP contribution in [-0.2, 0) is 11.3 Å². The highest BCUT2D eigenvalue weighted by Gasteiger charge is 2.19. The van der Waals surface area contributed by atoms with Crippen molar-refractivity contribution in [3.8, 4) is 5.75 Å². The van der Waals surface area contributed by atoms with Crippen LogP contribution in [0.25, 0.3) is 0 Å². The second kappa shape index (κ2) is 10.2. The number of anilines is 2. The number of ether oxygens (including phenoxy) is 1. The largest absolute Gasteiger partial charge is 0.497 e. The molecule has 1 N–H and O–H groups in total. The molecule has 0 saturated carbocycles. The van der Waals surface area contributed by atoms with E-state index < -0.39 is 0 Å². The van der Waals surface area contributed by atoms with Gasteiger partial charge in [0.25, 0.3) is 0 Å². The summed E-state index contributed by atoms with van der Waals surface area (Å²) in [5, 5.41) is 3.63. The molecule has 4 rings (SSSR count). The van der Waals surface area contributed by atoms with E-state index in [1.54, 1.807) is 25.8 Å². The number of hydrogen-bond donors (Lipinski definition) is 1. The van der Waals surface area contributed by atoms with Gasteiger partial charge in [-0.3, -0.25) is 4.79 Å². The summed E-state index contributed by atoms with van der Waals surface area (Å²) in [5.41, 5.74) is 1.17. The number of piperazine rings is 1. The molecule has 0 radical (unpaired) electrons. The van der Waals surface area contributed by atoms with E-state index in [1.165, 1.54) is 17.4 Å². The number of nitrogens with one attached hydrogen (secondary N) is 1. The van der Waals surface area contributed by atoms with Gasteiger partial charge in [-0.1, -0.05) is 17.8 Å². The summed E-state index contributed by atoms with van der Waals surface area (Å²) in [6.45, 7) is 3.91. The molecule has 9 heteroatoms. The summed E-state index contributed by atoms with van der Waals surface area (Å²) in [5.74, 6) is 2.72. The van der Waals surface area contributed by atoms with Crippen LogP contribution in [0, 0.1) is 0 Å². The number of nitrogens with zero attached hydrogens (tertiary/aromatic N) is 4. The first-order valence-electron chi connectivity index (χ1n) is 10.1. The fourth-order valence-corrected chi connectivity index (χ4v) is 4.06. The van der Waals surface area contributed by atoms with Crippen LogP contribution < -0.4 is 19.9 Å². The maximum atomic E-state index is 12.1. The van der Waals surface area contributed by atoms with Crippen LogP contribution in [0.15, 0.2) is 64.5 Å². The van der Waals surface area contributed by atoms with E-state index in [0.29, 0.717) is 12.3 Å². The molecule has 0 aliphatic carbocycles. The molecule has 1 aromatic carbocycles. The predicted molar refractivity (Wildman–Crippen MR) is 121 cm³/mol. The minimum absolute atomic E-state index is 0.0616. The van der Waals surface area contributed by atoms with Crippen LogP contribution in [0.4, 0.5) is 11.5 Å². The van der Waals surface area contributed by atoms with Crippen molar-refractivity contribution < 1.29 is 13.9 Å². The molecule has 3 aromatic rings. The van der Waals surface area contributed by atoms with Crippen molar-refractivity contribution in [2.24, 2.45) is 0 Å². The Kier molecular flexibility index (Phi) is 6.93. The fourth-order valence-electron chi connectivity index (χ4n) is 3.37. The topological polar surface area (TPSA) is 83.7 Å². The third-order valence-corrected chi connectivity index (χ3v) is 5.97. The first-order valence-corrected chi connectivity index (χ1v) is 11.1. The van der Waals surface area contributed by atoms with Gasteiger partial charge in [0.15, 0.2) is 0 Å². The zero-order valence-electron chi connectivity index (χ0n) is 17.4. The molecule has 31 heavy (non-hydrogen) atoms. The minimum atomic E-state index is -0.0616. The summed E-state index contributed by atoms with van der Waals surface area (Å²) in [6.07, 6.45) is 3.15. The van der Waals surface area contributed by atoms with Crippen molar-refractivity contribution in [1.29, 1.82) is 0 Å². The van der Waals surface area contributed by atoms with Gasteiger partial charge in [-0.05, 0) is 24.3 Å². The van der Waals surface area contributed by atoms with E-state index in [1.807, 2.05) is 24.3 Å². The van der Waals surface area contributed by atoms with Gasteiger partial charge in [0, 0.05) is 44.0 Å². The molecule has 1 aliphatic rings. The van der Waals surface area contributed by atoms with Crippen molar-refractivity contribution in [2.75, 3.05) is 48.8 Å². The Balaban J connectivity index is 1.28. The Morgan fingerprint density at radius 2 is 1.97 bits per heavy atom. The van der Waals surface area contributed by atoms with E-state index in [9.17, 15) is 4.79 Å². The first kappa shape index (κ1) is 21.0. The van der Waals surface area contributed by atoms with Crippen LogP contribution in [0.1, 0.15) is 5.76 Å². The van der Waals surface area contributed by atoms with E-state index in [0.717, 1.165) is 48.5 Å². The predicted octanol–water partition coefficient (Wildman–Crippen LogP) is 2.81. The number of rotatable bonds is 8. The van der Waals surface area contributed by atoms with Gasteiger partial charge >= 0.3 is 0 Å². The Bertz CT molecular complexity index is 990. The third kappa shape index (κ3) is 5.69. The number of hydrogen-bond acceptors (Lipinski definition) is 8. The van der Waals surface area contributed by atoms with Gasteiger partial charge in [-0.15, -0.1) is 0 Å². The average molecular weight is 440 g/mol. The number of methoxy groups -OCH3 is 1. The number of carbonyl (C=O) groups is 1. The molecule has 0 atom stereocenters. The van der Waals surface area contributed by atoms with Gasteiger partial charge in [-0.25, -0.2) is 9.97 Å². The highest BCUT2D eigenvalue weighted by atomic mass is 32.2. The Labute approximate surface area is 185 Å². The fraction of sp³-hybridized carbons (Fsp3) is 0.318. The molecule has 1 saturated heterocycles. The van der Waals surface area contributed by atoms with Crippen molar-refractivity contribution in [3.63, 3.8) is 0 Å². The first-order chi connectivity index (χ1) is 15.2. The smallest absolute Gasteiger partial charge is 0.230 e. The second-order valence-electron chi connectivity index (χ2n) is 7.03. The van der Waals surface area contributed by atoms with Crippen molar-refractivity contribution in [1.82, 2.24) is 15.3 Å². The number of furan rings is 1. The molecule has 8 nitrogen and oxygen atoms in total. The van der Waals surface area contributed by atoms with Crippen LogP contribution in [0.5, 0.6) is 5.75 Å². The quantitative estimate of drug-likeness (QED) is 0.424. The molecule has 2 aromatic heterocycles. The van der Waals surface area contributed by atoms with Gasteiger partial charge in [-0.2, -0.15) is 0 Å². The highest BCUT2D eigenvalue weighted by molar-refractivity contribution is 7.99. The van der Waals surface area contributed by atoms with Crippen LogP contribution >= 0.6 is 11.8 Å². The third-order valence-electron chi connectivity index (χ3n) is 5.04. The normalized spacial score (nSPS) is 13.8. The summed E-state index contributed by atoms with van der Waals surface area (Å²) in [7, 11) is 1.69. The maximum absolute atomic E-state index is 12.1. The Morgan fingerprint density at radius 1 is 1.13 bits per heavy atom. The summed E-state index contributed by atoms with van der Waals surface area (Å²) in [4.78, 5) is 25.4. The Morgan fingerprint density at radius 3 is 2.74 bits per heavy atom. The number of carbonyl (C=O) groups excluding carboxylic acids is 1. The summed E-state index contributed by atoms with van der Waals surface area (Å²) >= 11 is 1.40. The van der Waals surface area contributed by atoms with Gasteiger partial charge in [0.2, 0.25) is 5.91 Å². The monoisotopic (exact) mass is 439 g/mol. The summed E-state index contributed by atoms with van der Waals surface area (Å²) < 4.78 is 10.6. The van der Waals surface area contributed by atoms with Crippen LogP contribution in [0.3, 0.4) is 0 Å². The average Bonchev–Trinajstić information content (AvgIpc) is 3.35. The molecule has 1 fully saturated rings. The van der Waals surface area contributed by atoms with Crippen molar-refractivity contribution in [2.45, 2.75) is 11.6 Å². The lowest BCUT2D eigenvalue weighted by Crippen LogP contribution is -2.46. The summed E-state index contributed by atoms with van der Waals surface area (Å²) in [6, 6.07) is 13.7. The molecular weight excluding hydrogens is 414 g/mol. The molecular formula is C22H25N5O3S. The van der Waals surface area contributed by atoms with E-state index >= 15 is 0 Å². The lowest BCUT2D eigenvalue weighted by atomic mass is 10.2. The number of benzene rings is 1. The van der Waals surface area contributed by atoms with E-state index in [-0.39, 0.29) is 5.91 Å². The zero-order chi connectivity index (χ0) is 21.5. The lowest BCUT2D eigenvalue weighted by Gasteiger charge is -2.36. The molecule has 0 bridgehead atoms. The van der Waals surface area contributed by atoms with Gasteiger partial charge in [0.05, 0.1) is 25.7 Å². The van der Waals surface area contributed by atoms with Crippen LogP contribution in [-0.4, -0.2) is 54.9 Å². The SMILES string of the molecule is COc1cccc(N2CCN(c3cc(SCC(=O)NCc4ccco4)ncn3)CC2)c1. The maximum Gasteiger partial charge on any atom is 0.230 e. The molecule has 1 aliphatic heterocycles. The Hall–Kier alpha value is -3.20. The number of aromatic nitrogens is 2. The second-order valence-corrected chi connectivity index (χ2v) is 8.03. The van der Waals surface area contributed by atoms with E-state index in [4.69, 9.17) is 9.15 Å². The van der Waals surface area contributed by atoms with E-state index in [2.05, 4.69) is 37.2 Å². The van der Waals surface area contributed by atoms with Gasteiger partial charge < -0.3 is 24.3 Å².